The van der Waals surface area contributed by atoms with Crippen molar-refractivity contribution in [2.45, 2.75) is 32.4 Å². The van der Waals surface area contributed by atoms with E-state index in [1.165, 1.54) is 6.07 Å². The van der Waals surface area contributed by atoms with E-state index in [4.69, 9.17) is 4.74 Å². The predicted molar refractivity (Wildman–Crippen MR) is 86.7 cm³/mol. The van der Waals surface area contributed by atoms with E-state index in [0.29, 0.717) is 12.2 Å². The maximum absolute atomic E-state index is 12.4. The monoisotopic (exact) mass is 333 g/mol. The Labute approximate surface area is 139 Å². The Balaban J connectivity index is 1.95. The molecule has 1 heterocycles. The molecule has 0 fully saturated rings. The van der Waals surface area contributed by atoms with Crippen LogP contribution < -0.4 is 4.74 Å². The van der Waals surface area contributed by atoms with Crippen LogP contribution in [0.2, 0.25) is 0 Å². The maximum Gasteiger partial charge on any atom is 0.433 e. The van der Waals surface area contributed by atoms with Gasteiger partial charge < -0.3 is 4.74 Å². The molecule has 0 aliphatic heterocycles. The second kappa shape index (κ2) is 8.39. The number of alkyl halides is 3. The number of hydrogen-bond donors (Lipinski definition) is 0. The average Bonchev–Trinajstić information content (AvgIpc) is 2.57. The van der Waals surface area contributed by atoms with Gasteiger partial charge in [-0.3, -0.25) is 4.98 Å². The van der Waals surface area contributed by atoms with Crippen molar-refractivity contribution in [2.24, 2.45) is 0 Å². The fourth-order valence-corrected chi connectivity index (χ4v) is 1.96. The van der Waals surface area contributed by atoms with Gasteiger partial charge in [0.2, 0.25) is 0 Å². The summed E-state index contributed by atoms with van der Waals surface area (Å²) in [6, 6.07) is 9.55. The number of unbranched alkanes of at least 4 members (excludes halogenated alkanes) is 2. The minimum Gasteiger partial charge on any atom is -0.494 e. The summed E-state index contributed by atoms with van der Waals surface area (Å²) in [5, 5.41) is 0. The predicted octanol–water partition coefficient (Wildman–Crippen LogP) is 5.07. The van der Waals surface area contributed by atoms with Crippen molar-refractivity contribution in [2.75, 3.05) is 6.61 Å². The molecule has 2 aromatic rings. The van der Waals surface area contributed by atoms with E-state index >= 15 is 0 Å². The van der Waals surface area contributed by atoms with Crippen LogP contribution in [0.25, 0.3) is 0 Å². The number of halogens is 3. The molecule has 0 atom stereocenters. The average molecular weight is 333 g/mol. The van der Waals surface area contributed by atoms with Crippen LogP contribution in [0.15, 0.2) is 42.6 Å². The molecule has 0 saturated carbocycles. The third kappa shape index (κ3) is 5.62. The van der Waals surface area contributed by atoms with Gasteiger partial charge in [0.05, 0.1) is 6.61 Å². The van der Waals surface area contributed by atoms with Gasteiger partial charge >= 0.3 is 6.18 Å². The molecule has 1 aromatic carbocycles. The summed E-state index contributed by atoms with van der Waals surface area (Å²) in [7, 11) is 0. The lowest BCUT2D eigenvalue weighted by molar-refractivity contribution is -0.141. The summed E-state index contributed by atoms with van der Waals surface area (Å²) in [4.78, 5) is 3.38. The minimum atomic E-state index is -4.43. The van der Waals surface area contributed by atoms with Crippen molar-refractivity contribution in [3.63, 3.8) is 0 Å². The number of benzene rings is 1. The number of pyridine rings is 1. The van der Waals surface area contributed by atoms with Crippen molar-refractivity contribution in [1.29, 1.82) is 0 Å². The van der Waals surface area contributed by atoms with Gasteiger partial charge in [-0.1, -0.05) is 31.6 Å². The first-order valence-electron chi connectivity index (χ1n) is 7.77. The number of ether oxygens (including phenoxy) is 1. The molecule has 0 saturated heterocycles. The molecule has 0 aliphatic carbocycles. The molecule has 0 N–H and O–H groups in total. The lowest BCUT2D eigenvalue weighted by Crippen LogP contribution is -2.07. The molecule has 2 rings (SSSR count). The van der Waals surface area contributed by atoms with Gasteiger partial charge in [-0.25, -0.2) is 0 Å². The molecule has 0 amide bonds. The van der Waals surface area contributed by atoms with E-state index in [9.17, 15) is 13.2 Å². The maximum atomic E-state index is 12.4. The summed E-state index contributed by atoms with van der Waals surface area (Å²) in [6.07, 6.45) is 0.0142. The van der Waals surface area contributed by atoms with Gasteiger partial charge in [-0.05, 0) is 42.8 Å². The van der Waals surface area contributed by atoms with Crippen LogP contribution in [0.1, 0.15) is 43.0 Å². The Bertz CT molecular complexity index is 695. The second-order valence-corrected chi connectivity index (χ2v) is 5.26. The Kier molecular flexibility index (Phi) is 6.25. The number of nitrogens with zero attached hydrogens (tertiary/aromatic N) is 1. The zero-order chi connectivity index (χ0) is 17.4. The molecule has 5 heteroatoms. The van der Waals surface area contributed by atoms with Crippen LogP contribution in [-0.4, -0.2) is 11.6 Å². The van der Waals surface area contributed by atoms with Gasteiger partial charge in [0, 0.05) is 17.3 Å². The molecule has 0 spiro atoms. The smallest absolute Gasteiger partial charge is 0.433 e. The lowest BCUT2D eigenvalue weighted by atomic mass is 10.2. The highest BCUT2D eigenvalue weighted by molar-refractivity contribution is 5.43. The normalized spacial score (nSPS) is 10.8. The number of hydrogen-bond acceptors (Lipinski definition) is 2. The molecule has 0 unspecified atom stereocenters. The molecule has 126 valence electrons. The Hall–Kier alpha value is -2.48. The van der Waals surface area contributed by atoms with Crippen molar-refractivity contribution in [1.82, 2.24) is 4.98 Å². The lowest BCUT2D eigenvalue weighted by Gasteiger charge is -2.05. The zero-order valence-electron chi connectivity index (χ0n) is 13.4. The van der Waals surface area contributed by atoms with E-state index in [1.807, 2.05) is 24.3 Å². The molecule has 0 radical (unpaired) electrons. The topological polar surface area (TPSA) is 22.1 Å². The van der Waals surface area contributed by atoms with E-state index < -0.39 is 11.9 Å². The van der Waals surface area contributed by atoms with Crippen LogP contribution in [0, 0.1) is 11.8 Å². The Morgan fingerprint density at radius 2 is 1.62 bits per heavy atom. The summed E-state index contributed by atoms with van der Waals surface area (Å²) < 4.78 is 42.9. The van der Waals surface area contributed by atoms with Gasteiger partial charge in [0.1, 0.15) is 11.4 Å². The zero-order valence-corrected chi connectivity index (χ0v) is 13.4. The third-order valence-corrected chi connectivity index (χ3v) is 3.28. The van der Waals surface area contributed by atoms with Crippen LogP contribution in [-0.2, 0) is 6.18 Å². The highest BCUT2D eigenvalue weighted by Crippen LogP contribution is 2.27. The van der Waals surface area contributed by atoms with Gasteiger partial charge in [0.25, 0.3) is 0 Å². The number of aromatic nitrogens is 1. The molecular weight excluding hydrogens is 315 g/mol. The van der Waals surface area contributed by atoms with Gasteiger partial charge in [0.15, 0.2) is 0 Å². The largest absolute Gasteiger partial charge is 0.494 e. The quantitative estimate of drug-likeness (QED) is 0.563. The standard InChI is InChI=1S/C19H18F3NO/c1-2-3-4-13-24-17-10-7-15(8-11-17)5-6-16-9-12-18(23-14-16)19(20,21)22/h7-12,14H,2-4,13H2,1H3. The molecule has 0 bridgehead atoms. The SMILES string of the molecule is CCCCCOc1ccc(C#Cc2ccc(C(F)(F)F)nc2)cc1. The van der Waals surface area contributed by atoms with Crippen LogP contribution in [0.4, 0.5) is 13.2 Å². The van der Waals surface area contributed by atoms with Gasteiger partial charge in [-0.15, -0.1) is 0 Å². The van der Waals surface area contributed by atoms with E-state index in [-0.39, 0.29) is 0 Å². The van der Waals surface area contributed by atoms with Crippen LogP contribution >= 0.6 is 0 Å². The number of rotatable bonds is 5. The van der Waals surface area contributed by atoms with Crippen LogP contribution in [0.5, 0.6) is 5.75 Å². The highest BCUT2D eigenvalue weighted by Gasteiger charge is 2.31. The summed E-state index contributed by atoms with van der Waals surface area (Å²) in [5.74, 6) is 6.48. The minimum absolute atomic E-state index is 0.433. The first-order valence-corrected chi connectivity index (χ1v) is 7.77. The second-order valence-electron chi connectivity index (χ2n) is 5.26. The molecule has 0 aliphatic rings. The fraction of sp³-hybridized carbons (Fsp3) is 0.316. The summed E-state index contributed by atoms with van der Waals surface area (Å²) in [5.41, 5.74) is 0.274. The fourth-order valence-electron chi connectivity index (χ4n) is 1.96. The third-order valence-electron chi connectivity index (χ3n) is 3.28. The van der Waals surface area contributed by atoms with Crippen molar-refractivity contribution in [3.05, 3.63) is 59.4 Å². The Morgan fingerprint density at radius 3 is 2.21 bits per heavy atom. The highest BCUT2D eigenvalue weighted by atomic mass is 19.4. The van der Waals surface area contributed by atoms with E-state index in [1.54, 1.807) is 0 Å². The van der Waals surface area contributed by atoms with Gasteiger partial charge in [-0.2, -0.15) is 13.2 Å². The van der Waals surface area contributed by atoms with Crippen molar-refractivity contribution < 1.29 is 17.9 Å². The van der Waals surface area contributed by atoms with Crippen molar-refractivity contribution >= 4 is 0 Å². The summed E-state index contributed by atoms with van der Waals surface area (Å²) >= 11 is 0. The van der Waals surface area contributed by atoms with Crippen molar-refractivity contribution in [3.8, 4) is 17.6 Å². The Morgan fingerprint density at radius 1 is 0.958 bits per heavy atom. The van der Waals surface area contributed by atoms with E-state index in [2.05, 4.69) is 23.7 Å². The molecular formula is C19H18F3NO. The first kappa shape index (κ1) is 17.9. The first-order chi connectivity index (χ1) is 11.5. The van der Waals surface area contributed by atoms with E-state index in [0.717, 1.165) is 42.8 Å². The summed E-state index contributed by atoms with van der Waals surface area (Å²) in [6.45, 7) is 2.83. The molecule has 24 heavy (non-hydrogen) atoms. The van der Waals surface area contributed by atoms with Crippen LogP contribution in [0.3, 0.4) is 0 Å². The molecule has 2 nitrogen and oxygen atoms in total. The molecule has 1 aromatic heterocycles.